The lowest BCUT2D eigenvalue weighted by atomic mass is 10.1. The van der Waals surface area contributed by atoms with Gasteiger partial charge in [-0.05, 0) is 42.8 Å². The minimum absolute atomic E-state index is 0.583. The predicted molar refractivity (Wildman–Crippen MR) is 84.6 cm³/mol. The molecule has 0 spiro atoms. The Balaban J connectivity index is 2.67. The first kappa shape index (κ1) is 14.8. The fourth-order valence-corrected chi connectivity index (χ4v) is 1.84. The molecule has 0 saturated heterocycles. The van der Waals surface area contributed by atoms with Gasteiger partial charge in [0.15, 0.2) is 5.11 Å². The van der Waals surface area contributed by atoms with Crippen molar-refractivity contribution in [1.82, 2.24) is 5.32 Å². The molecule has 0 bridgehead atoms. The standard InChI is InChI=1S/C14H23N3S/c1-10(2)9-15-14(18)16-12-7-6-11(3)13(8-12)17(4)5/h6-8,10H,9H2,1-5H3,(H2,15,16,18). The predicted octanol–water partition coefficient (Wildman–Crippen LogP) is 3.00. The van der Waals surface area contributed by atoms with Gasteiger partial charge < -0.3 is 15.5 Å². The summed E-state index contributed by atoms with van der Waals surface area (Å²) in [6.07, 6.45) is 0. The molecule has 3 nitrogen and oxygen atoms in total. The minimum Gasteiger partial charge on any atom is -0.377 e. The van der Waals surface area contributed by atoms with Gasteiger partial charge in [-0.1, -0.05) is 19.9 Å². The number of nitrogens with zero attached hydrogens (tertiary/aromatic N) is 1. The quantitative estimate of drug-likeness (QED) is 0.818. The van der Waals surface area contributed by atoms with E-state index in [-0.39, 0.29) is 0 Å². The number of hydrogen-bond donors (Lipinski definition) is 2. The monoisotopic (exact) mass is 265 g/mol. The molecule has 0 unspecified atom stereocenters. The fourth-order valence-electron chi connectivity index (χ4n) is 1.64. The molecular formula is C14H23N3S. The second-order valence-corrected chi connectivity index (χ2v) is 5.53. The van der Waals surface area contributed by atoms with E-state index in [2.05, 4.69) is 48.4 Å². The third-order valence-electron chi connectivity index (χ3n) is 2.62. The molecule has 0 radical (unpaired) electrons. The first-order valence-corrected chi connectivity index (χ1v) is 6.63. The number of nitrogens with one attached hydrogen (secondary N) is 2. The molecule has 0 aliphatic carbocycles. The number of thiocarbonyl (C=S) groups is 1. The molecular weight excluding hydrogens is 242 g/mol. The Morgan fingerprint density at radius 3 is 2.56 bits per heavy atom. The zero-order valence-electron chi connectivity index (χ0n) is 11.9. The molecule has 1 aromatic rings. The van der Waals surface area contributed by atoms with E-state index in [1.807, 2.05) is 20.2 Å². The molecule has 0 aromatic heterocycles. The molecule has 0 aliphatic rings. The Morgan fingerprint density at radius 1 is 1.33 bits per heavy atom. The molecule has 1 rings (SSSR count). The summed E-state index contributed by atoms with van der Waals surface area (Å²) in [4.78, 5) is 2.10. The molecule has 4 heteroatoms. The number of anilines is 2. The van der Waals surface area contributed by atoms with Gasteiger partial charge in [-0.15, -0.1) is 0 Å². The topological polar surface area (TPSA) is 27.3 Å². The lowest BCUT2D eigenvalue weighted by Crippen LogP contribution is -2.31. The van der Waals surface area contributed by atoms with Gasteiger partial charge in [-0.3, -0.25) is 0 Å². The van der Waals surface area contributed by atoms with Crippen LogP contribution in [0.1, 0.15) is 19.4 Å². The van der Waals surface area contributed by atoms with E-state index in [1.165, 1.54) is 11.3 Å². The van der Waals surface area contributed by atoms with Gasteiger partial charge >= 0.3 is 0 Å². The lowest BCUT2D eigenvalue weighted by Gasteiger charge is -2.18. The molecule has 2 N–H and O–H groups in total. The van der Waals surface area contributed by atoms with E-state index in [1.54, 1.807) is 0 Å². The van der Waals surface area contributed by atoms with Crippen LogP contribution in [-0.4, -0.2) is 25.8 Å². The molecule has 18 heavy (non-hydrogen) atoms. The Kier molecular flexibility index (Phi) is 5.41. The molecule has 0 fully saturated rings. The van der Waals surface area contributed by atoms with Crippen molar-refractivity contribution < 1.29 is 0 Å². The third kappa shape index (κ3) is 4.53. The normalized spacial score (nSPS) is 10.3. The van der Waals surface area contributed by atoms with E-state index in [0.717, 1.165) is 12.2 Å². The molecule has 0 heterocycles. The van der Waals surface area contributed by atoms with Gasteiger partial charge in [0.1, 0.15) is 0 Å². The average molecular weight is 265 g/mol. The fraction of sp³-hybridized carbons (Fsp3) is 0.500. The van der Waals surface area contributed by atoms with Crippen molar-refractivity contribution in [3.05, 3.63) is 23.8 Å². The number of rotatable bonds is 4. The maximum Gasteiger partial charge on any atom is 0.170 e. The molecule has 0 amide bonds. The first-order chi connectivity index (χ1) is 8.40. The SMILES string of the molecule is Cc1ccc(NC(=S)NCC(C)C)cc1N(C)C. The minimum atomic E-state index is 0.583. The second-order valence-electron chi connectivity index (χ2n) is 5.12. The van der Waals surface area contributed by atoms with Crippen LogP contribution < -0.4 is 15.5 Å². The van der Waals surface area contributed by atoms with Gasteiger partial charge in [0.25, 0.3) is 0 Å². The summed E-state index contributed by atoms with van der Waals surface area (Å²) >= 11 is 5.26. The Bertz CT molecular complexity index is 414. The van der Waals surface area contributed by atoms with Gasteiger partial charge in [0, 0.05) is 32.0 Å². The smallest absolute Gasteiger partial charge is 0.170 e. The molecule has 0 aliphatic heterocycles. The number of hydrogen-bond acceptors (Lipinski definition) is 2. The van der Waals surface area contributed by atoms with Crippen LogP contribution in [0.2, 0.25) is 0 Å². The Morgan fingerprint density at radius 2 is 2.00 bits per heavy atom. The van der Waals surface area contributed by atoms with Crippen LogP contribution in [0.25, 0.3) is 0 Å². The van der Waals surface area contributed by atoms with Crippen LogP contribution in [0, 0.1) is 12.8 Å². The van der Waals surface area contributed by atoms with Crippen LogP contribution in [0.15, 0.2) is 18.2 Å². The van der Waals surface area contributed by atoms with Crippen molar-refractivity contribution in [3.63, 3.8) is 0 Å². The van der Waals surface area contributed by atoms with Crippen molar-refractivity contribution >= 4 is 28.7 Å². The van der Waals surface area contributed by atoms with E-state index in [9.17, 15) is 0 Å². The van der Waals surface area contributed by atoms with Gasteiger partial charge in [0.05, 0.1) is 0 Å². The molecule has 1 aromatic carbocycles. The summed E-state index contributed by atoms with van der Waals surface area (Å²) in [5, 5.41) is 7.09. The van der Waals surface area contributed by atoms with Crippen molar-refractivity contribution in [3.8, 4) is 0 Å². The third-order valence-corrected chi connectivity index (χ3v) is 2.87. The number of aryl methyl sites for hydroxylation is 1. The van der Waals surface area contributed by atoms with Crippen molar-refractivity contribution in [1.29, 1.82) is 0 Å². The number of benzene rings is 1. The second kappa shape index (κ2) is 6.59. The summed E-state index contributed by atoms with van der Waals surface area (Å²) in [6.45, 7) is 7.31. The van der Waals surface area contributed by atoms with Gasteiger partial charge in [-0.25, -0.2) is 0 Å². The summed E-state index contributed by atoms with van der Waals surface area (Å²) in [5.74, 6) is 0.583. The van der Waals surface area contributed by atoms with Crippen LogP contribution in [0.5, 0.6) is 0 Å². The van der Waals surface area contributed by atoms with Crippen molar-refractivity contribution in [2.24, 2.45) is 5.92 Å². The zero-order chi connectivity index (χ0) is 13.7. The summed E-state index contributed by atoms with van der Waals surface area (Å²) in [7, 11) is 4.09. The zero-order valence-corrected chi connectivity index (χ0v) is 12.7. The molecule has 0 atom stereocenters. The van der Waals surface area contributed by atoms with Gasteiger partial charge in [0.2, 0.25) is 0 Å². The highest BCUT2D eigenvalue weighted by molar-refractivity contribution is 7.80. The highest BCUT2D eigenvalue weighted by Gasteiger charge is 2.04. The molecule has 100 valence electrons. The Hall–Kier alpha value is -1.29. The summed E-state index contributed by atoms with van der Waals surface area (Å²) < 4.78 is 0. The van der Waals surface area contributed by atoms with E-state index >= 15 is 0 Å². The summed E-state index contributed by atoms with van der Waals surface area (Å²) in [6, 6.07) is 6.26. The van der Waals surface area contributed by atoms with Crippen molar-refractivity contribution in [2.75, 3.05) is 30.9 Å². The first-order valence-electron chi connectivity index (χ1n) is 6.23. The van der Waals surface area contributed by atoms with Crippen LogP contribution in [0.3, 0.4) is 0 Å². The van der Waals surface area contributed by atoms with E-state index in [0.29, 0.717) is 11.0 Å². The highest BCUT2D eigenvalue weighted by Crippen LogP contribution is 2.22. The van der Waals surface area contributed by atoms with Crippen LogP contribution in [-0.2, 0) is 0 Å². The maximum absolute atomic E-state index is 5.26. The summed E-state index contributed by atoms with van der Waals surface area (Å²) in [5.41, 5.74) is 3.48. The lowest BCUT2D eigenvalue weighted by molar-refractivity contribution is 0.627. The van der Waals surface area contributed by atoms with Gasteiger partial charge in [-0.2, -0.15) is 0 Å². The highest BCUT2D eigenvalue weighted by atomic mass is 32.1. The van der Waals surface area contributed by atoms with Crippen LogP contribution in [0.4, 0.5) is 11.4 Å². The average Bonchev–Trinajstić information content (AvgIpc) is 2.28. The largest absolute Gasteiger partial charge is 0.377 e. The maximum atomic E-state index is 5.26. The Labute approximate surface area is 116 Å². The molecule has 0 saturated carbocycles. The van der Waals surface area contributed by atoms with Crippen LogP contribution >= 0.6 is 12.2 Å². The van der Waals surface area contributed by atoms with Crippen molar-refractivity contribution in [2.45, 2.75) is 20.8 Å². The van der Waals surface area contributed by atoms with E-state index in [4.69, 9.17) is 12.2 Å². The van der Waals surface area contributed by atoms with E-state index < -0.39 is 0 Å².